The standard InChI is InChI=1S/C25H27BrN2O2/c1-15-11-19(25(29)30-4)12-16(2)23(15)18-6-9-28(10-7-18)14-20-13-21-22(26)5-8-27-24(21)17(20)3/h5-6,8,11-13,17H,7,9-10,14H2,1-4H3. The van der Waals surface area contributed by atoms with Crippen molar-refractivity contribution >= 4 is 33.5 Å². The van der Waals surface area contributed by atoms with Crippen LogP contribution in [-0.4, -0.2) is 42.6 Å². The van der Waals surface area contributed by atoms with Gasteiger partial charge in [-0.25, -0.2) is 4.79 Å². The number of esters is 1. The second kappa shape index (κ2) is 8.48. The van der Waals surface area contributed by atoms with E-state index in [-0.39, 0.29) is 5.97 Å². The predicted molar refractivity (Wildman–Crippen MR) is 125 cm³/mol. The van der Waals surface area contributed by atoms with Crippen LogP contribution in [0.5, 0.6) is 0 Å². The van der Waals surface area contributed by atoms with Crippen LogP contribution in [0.2, 0.25) is 0 Å². The maximum Gasteiger partial charge on any atom is 0.337 e. The van der Waals surface area contributed by atoms with Crippen molar-refractivity contribution in [2.75, 3.05) is 26.7 Å². The Balaban J connectivity index is 1.49. The van der Waals surface area contributed by atoms with Crippen LogP contribution in [0.1, 0.15) is 57.6 Å². The van der Waals surface area contributed by atoms with Crippen molar-refractivity contribution in [1.82, 2.24) is 9.88 Å². The molecule has 1 aromatic carbocycles. The van der Waals surface area contributed by atoms with Crippen LogP contribution < -0.4 is 0 Å². The number of nitrogens with zero attached hydrogens (tertiary/aromatic N) is 2. The number of ether oxygens (including phenoxy) is 1. The third-order valence-electron chi connectivity index (χ3n) is 6.24. The van der Waals surface area contributed by atoms with Crippen molar-refractivity contribution in [2.24, 2.45) is 0 Å². The molecular formula is C25H27BrN2O2. The average molecular weight is 467 g/mol. The number of carbonyl (C=O) groups is 1. The van der Waals surface area contributed by atoms with Gasteiger partial charge in [-0.15, -0.1) is 0 Å². The highest BCUT2D eigenvalue weighted by atomic mass is 79.9. The molecule has 4 rings (SSSR count). The Morgan fingerprint density at radius 2 is 2.03 bits per heavy atom. The topological polar surface area (TPSA) is 42.4 Å². The van der Waals surface area contributed by atoms with Gasteiger partial charge in [0.1, 0.15) is 0 Å². The molecule has 1 unspecified atom stereocenters. The summed E-state index contributed by atoms with van der Waals surface area (Å²) in [5.74, 6) is 0.0795. The second-order valence-corrected chi connectivity index (χ2v) is 9.08. The maximum atomic E-state index is 11.9. The van der Waals surface area contributed by atoms with Crippen LogP contribution in [0.4, 0.5) is 0 Å². The van der Waals surface area contributed by atoms with E-state index in [4.69, 9.17) is 4.74 Å². The number of rotatable bonds is 4. The smallest absolute Gasteiger partial charge is 0.337 e. The number of fused-ring (bicyclic) bond motifs is 1. The Kier molecular flexibility index (Phi) is 5.94. The number of carbonyl (C=O) groups excluding carboxylic acids is 1. The summed E-state index contributed by atoms with van der Waals surface area (Å²) in [5.41, 5.74) is 9.36. The molecule has 156 valence electrons. The Hall–Kier alpha value is -2.24. The highest BCUT2D eigenvalue weighted by Gasteiger charge is 2.26. The van der Waals surface area contributed by atoms with Crippen LogP contribution in [0, 0.1) is 13.8 Å². The highest BCUT2D eigenvalue weighted by Crippen LogP contribution is 2.38. The Labute approximate surface area is 186 Å². The van der Waals surface area contributed by atoms with E-state index in [1.54, 1.807) is 0 Å². The lowest BCUT2D eigenvalue weighted by atomic mass is 9.90. The van der Waals surface area contributed by atoms with Crippen molar-refractivity contribution in [3.8, 4) is 0 Å². The third-order valence-corrected chi connectivity index (χ3v) is 6.93. The van der Waals surface area contributed by atoms with Crippen molar-refractivity contribution < 1.29 is 9.53 Å². The highest BCUT2D eigenvalue weighted by molar-refractivity contribution is 9.10. The van der Waals surface area contributed by atoms with Crippen molar-refractivity contribution in [2.45, 2.75) is 33.1 Å². The molecule has 0 radical (unpaired) electrons. The molecule has 1 aliphatic heterocycles. The van der Waals surface area contributed by atoms with E-state index in [2.05, 4.69) is 58.7 Å². The fraction of sp³-hybridized carbons (Fsp3) is 0.360. The summed E-state index contributed by atoms with van der Waals surface area (Å²) in [4.78, 5) is 19.0. The first-order chi connectivity index (χ1) is 14.4. The molecule has 1 aromatic heterocycles. The number of pyridine rings is 1. The van der Waals surface area contributed by atoms with Gasteiger partial charge in [0, 0.05) is 41.8 Å². The van der Waals surface area contributed by atoms with Gasteiger partial charge in [-0.2, -0.15) is 0 Å². The minimum Gasteiger partial charge on any atom is -0.465 e. The first-order valence-electron chi connectivity index (χ1n) is 10.3. The molecule has 0 amide bonds. The molecule has 4 nitrogen and oxygen atoms in total. The van der Waals surface area contributed by atoms with Gasteiger partial charge in [-0.1, -0.05) is 35.0 Å². The summed E-state index contributed by atoms with van der Waals surface area (Å²) in [5, 5.41) is 0. The van der Waals surface area contributed by atoms with Crippen LogP contribution in [-0.2, 0) is 4.74 Å². The van der Waals surface area contributed by atoms with Gasteiger partial charge in [0.15, 0.2) is 0 Å². The molecule has 2 heterocycles. The summed E-state index contributed by atoms with van der Waals surface area (Å²) in [6, 6.07) is 5.89. The number of benzene rings is 1. The average Bonchev–Trinajstić information content (AvgIpc) is 3.05. The van der Waals surface area contributed by atoms with Gasteiger partial charge in [0.25, 0.3) is 0 Å². The number of aryl methyl sites for hydroxylation is 2. The molecule has 0 spiro atoms. The molecule has 2 aliphatic rings. The van der Waals surface area contributed by atoms with Crippen LogP contribution in [0.15, 0.2) is 40.5 Å². The molecule has 0 saturated carbocycles. The summed E-state index contributed by atoms with van der Waals surface area (Å²) in [7, 11) is 1.42. The molecule has 2 aromatic rings. The number of aromatic nitrogens is 1. The number of halogens is 1. The first-order valence-corrected chi connectivity index (χ1v) is 11.1. The minimum atomic E-state index is -0.280. The number of hydrogen-bond donors (Lipinski definition) is 0. The molecule has 1 aliphatic carbocycles. The monoisotopic (exact) mass is 466 g/mol. The molecule has 0 N–H and O–H groups in total. The van der Waals surface area contributed by atoms with Gasteiger partial charge in [0.05, 0.1) is 18.4 Å². The van der Waals surface area contributed by atoms with E-state index >= 15 is 0 Å². The summed E-state index contributed by atoms with van der Waals surface area (Å²) in [6.07, 6.45) is 7.53. The molecule has 0 fully saturated rings. The van der Waals surface area contributed by atoms with Crippen molar-refractivity contribution in [3.05, 3.63) is 74.0 Å². The quantitative estimate of drug-likeness (QED) is 0.554. The summed E-state index contributed by atoms with van der Waals surface area (Å²) < 4.78 is 6.00. The van der Waals surface area contributed by atoms with Gasteiger partial charge in [0.2, 0.25) is 0 Å². The van der Waals surface area contributed by atoms with Crippen LogP contribution in [0.25, 0.3) is 11.6 Å². The van der Waals surface area contributed by atoms with E-state index in [1.165, 1.54) is 35.1 Å². The van der Waals surface area contributed by atoms with E-state index < -0.39 is 0 Å². The van der Waals surface area contributed by atoms with Gasteiger partial charge >= 0.3 is 5.97 Å². The normalized spacial score (nSPS) is 18.6. The second-order valence-electron chi connectivity index (χ2n) is 8.22. The minimum absolute atomic E-state index is 0.280. The van der Waals surface area contributed by atoms with Crippen LogP contribution >= 0.6 is 15.9 Å². The first kappa shape index (κ1) is 21.0. The molecule has 1 atom stereocenters. The van der Waals surface area contributed by atoms with E-state index in [0.717, 1.165) is 41.7 Å². The molecule has 30 heavy (non-hydrogen) atoms. The van der Waals surface area contributed by atoms with E-state index in [9.17, 15) is 4.79 Å². The molecule has 0 saturated heterocycles. The van der Waals surface area contributed by atoms with Crippen molar-refractivity contribution in [1.29, 1.82) is 0 Å². The Morgan fingerprint density at radius 3 is 2.63 bits per heavy atom. The lowest BCUT2D eigenvalue weighted by Crippen LogP contribution is -2.31. The SMILES string of the molecule is COC(=O)c1cc(C)c(C2=CCN(CC3=Cc4c(Br)ccnc4C3C)CC2)c(C)c1. The third kappa shape index (κ3) is 3.88. The largest absolute Gasteiger partial charge is 0.465 e. The molecule has 0 bridgehead atoms. The Morgan fingerprint density at radius 1 is 1.30 bits per heavy atom. The van der Waals surface area contributed by atoms with Crippen molar-refractivity contribution in [3.63, 3.8) is 0 Å². The summed E-state index contributed by atoms with van der Waals surface area (Å²) >= 11 is 3.66. The Bertz CT molecular complexity index is 1050. The fourth-order valence-electron chi connectivity index (χ4n) is 4.67. The lowest BCUT2D eigenvalue weighted by molar-refractivity contribution is 0.0600. The van der Waals surface area contributed by atoms with Gasteiger partial charge in [-0.3, -0.25) is 9.88 Å². The molecule has 5 heteroatoms. The number of methoxy groups -OCH3 is 1. The van der Waals surface area contributed by atoms with Gasteiger partial charge < -0.3 is 4.74 Å². The zero-order valence-electron chi connectivity index (χ0n) is 18.0. The van der Waals surface area contributed by atoms with E-state index in [1.807, 2.05) is 24.4 Å². The predicted octanol–water partition coefficient (Wildman–Crippen LogP) is 5.54. The lowest BCUT2D eigenvalue weighted by Gasteiger charge is -2.29. The van der Waals surface area contributed by atoms with E-state index in [0.29, 0.717) is 11.5 Å². The number of hydrogen-bond acceptors (Lipinski definition) is 4. The van der Waals surface area contributed by atoms with Gasteiger partial charge in [-0.05, 0) is 66.3 Å². The zero-order chi connectivity index (χ0) is 21.4. The molecular weight excluding hydrogens is 440 g/mol. The van der Waals surface area contributed by atoms with Crippen LogP contribution in [0.3, 0.4) is 0 Å². The maximum absolute atomic E-state index is 11.9. The fourth-order valence-corrected chi connectivity index (χ4v) is 5.10. The summed E-state index contributed by atoms with van der Waals surface area (Å²) in [6.45, 7) is 9.33. The zero-order valence-corrected chi connectivity index (χ0v) is 19.5.